The average Bonchev–Trinajstić information content (AvgIpc) is 2.69. The van der Waals surface area contributed by atoms with Crippen LogP contribution < -0.4 is 10.5 Å². The molecule has 0 aliphatic carbocycles. The number of nitrogens with zero attached hydrogens (tertiary/aromatic N) is 2. The van der Waals surface area contributed by atoms with Crippen LogP contribution in [0.5, 0.6) is 5.75 Å². The Morgan fingerprint density at radius 3 is 3.06 bits per heavy atom. The Balaban J connectivity index is 1.86. The highest BCUT2D eigenvalue weighted by Gasteiger charge is 2.20. The SMILES string of the molecule is CN1CCCC1CCOc1c(N)cncc1Br. The van der Waals surface area contributed by atoms with Crippen molar-refractivity contribution in [3.63, 3.8) is 0 Å². The fourth-order valence-corrected chi connectivity index (χ4v) is 2.69. The Hall–Kier alpha value is -0.810. The minimum Gasteiger partial charge on any atom is -0.490 e. The van der Waals surface area contributed by atoms with Gasteiger partial charge in [-0.2, -0.15) is 0 Å². The lowest BCUT2D eigenvalue weighted by atomic mass is 10.1. The number of anilines is 1. The van der Waals surface area contributed by atoms with E-state index in [-0.39, 0.29) is 0 Å². The fraction of sp³-hybridized carbons (Fsp3) is 0.583. The minimum absolute atomic E-state index is 0.583. The molecule has 0 spiro atoms. The zero-order valence-corrected chi connectivity index (χ0v) is 11.6. The van der Waals surface area contributed by atoms with Crippen molar-refractivity contribution in [3.8, 4) is 5.75 Å². The molecule has 0 aromatic carbocycles. The Morgan fingerprint density at radius 2 is 2.41 bits per heavy atom. The first-order valence-electron chi connectivity index (χ1n) is 5.90. The van der Waals surface area contributed by atoms with Gasteiger partial charge in [-0.3, -0.25) is 4.98 Å². The van der Waals surface area contributed by atoms with Gasteiger partial charge in [-0.05, 0) is 48.8 Å². The van der Waals surface area contributed by atoms with E-state index in [4.69, 9.17) is 10.5 Å². The summed E-state index contributed by atoms with van der Waals surface area (Å²) >= 11 is 3.39. The molecule has 0 bridgehead atoms. The molecule has 0 radical (unpaired) electrons. The molecule has 1 aromatic heterocycles. The molecule has 1 aliphatic heterocycles. The van der Waals surface area contributed by atoms with Gasteiger partial charge >= 0.3 is 0 Å². The number of pyridine rings is 1. The van der Waals surface area contributed by atoms with E-state index >= 15 is 0 Å². The molecule has 2 heterocycles. The van der Waals surface area contributed by atoms with Crippen molar-refractivity contribution in [1.29, 1.82) is 0 Å². The van der Waals surface area contributed by atoms with Crippen LogP contribution in [0.1, 0.15) is 19.3 Å². The summed E-state index contributed by atoms with van der Waals surface area (Å²) in [6.07, 6.45) is 6.93. The van der Waals surface area contributed by atoms with Crippen LogP contribution in [0.2, 0.25) is 0 Å². The van der Waals surface area contributed by atoms with Crippen LogP contribution in [0.25, 0.3) is 0 Å². The first-order valence-corrected chi connectivity index (χ1v) is 6.70. The second-order valence-electron chi connectivity index (χ2n) is 4.45. The number of hydrogen-bond acceptors (Lipinski definition) is 4. The molecule has 94 valence electrons. The normalized spacial score (nSPS) is 20.7. The summed E-state index contributed by atoms with van der Waals surface area (Å²) in [7, 11) is 2.17. The van der Waals surface area contributed by atoms with E-state index in [0.29, 0.717) is 24.1 Å². The lowest BCUT2D eigenvalue weighted by Gasteiger charge is -2.19. The monoisotopic (exact) mass is 299 g/mol. The van der Waals surface area contributed by atoms with Gasteiger partial charge in [0.05, 0.1) is 23.0 Å². The zero-order valence-electron chi connectivity index (χ0n) is 10.0. The van der Waals surface area contributed by atoms with Gasteiger partial charge in [0, 0.05) is 12.2 Å². The number of likely N-dealkylation sites (tertiary alicyclic amines) is 1. The first kappa shape index (κ1) is 12.6. The Morgan fingerprint density at radius 1 is 1.59 bits per heavy atom. The average molecular weight is 300 g/mol. The predicted molar refractivity (Wildman–Crippen MR) is 72.1 cm³/mol. The second kappa shape index (κ2) is 5.69. The summed E-state index contributed by atoms with van der Waals surface area (Å²) in [6, 6.07) is 0.650. The molecular formula is C12H18BrN3O. The highest BCUT2D eigenvalue weighted by atomic mass is 79.9. The fourth-order valence-electron chi connectivity index (χ4n) is 2.23. The predicted octanol–water partition coefficient (Wildman–Crippen LogP) is 2.29. The molecule has 0 amide bonds. The van der Waals surface area contributed by atoms with Gasteiger partial charge in [0.1, 0.15) is 0 Å². The van der Waals surface area contributed by atoms with Gasteiger partial charge in [0.25, 0.3) is 0 Å². The number of ether oxygens (including phenoxy) is 1. The van der Waals surface area contributed by atoms with Crippen LogP contribution in [-0.2, 0) is 0 Å². The zero-order chi connectivity index (χ0) is 12.3. The number of halogens is 1. The summed E-state index contributed by atoms with van der Waals surface area (Å²) in [4.78, 5) is 6.38. The summed E-state index contributed by atoms with van der Waals surface area (Å²) in [6.45, 7) is 1.90. The maximum Gasteiger partial charge on any atom is 0.159 e. The van der Waals surface area contributed by atoms with Crippen molar-refractivity contribution in [2.75, 3.05) is 25.9 Å². The van der Waals surface area contributed by atoms with Crippen molar-refractivity contribution in [1.82, 2.24) is 9.88 Å². The Bertz CT molecular complexity index is 366. The van der Waals surface area contributed by atoms with Gasteiger partial charge in [-0.1, -0.05) is 0 Å². The van der Waals surface area contributed by atoms with Gasteiger partial charge in [-0.15, -0.1) is 0 Å². The van der Waals surface area contributed by atoms with Crippen LogP contribution in [0.3, 0.4) is 0 Å². The molecule has 1 saturated heterocycles. The van der Waals surface area contributed by atoms with E-state index in [9.17, 15) is 0 Å². The molecular weight excluding hydrogens is 282 g/mol. The third-order valence-electron chi connectivity index (χ3n) is 3.25. The van der Waals surface area contributed by atoms with Crippen LogP contribution in [0.15, 0.2) is 16.9 Å². The van der Waals surface area contributed by atoms with Gasteiger partial charge in [0.2, 0.25) is 0 Å². The van der Waals surface area contributed by atoms with Crippen LogP contribution >= 0.6 is 15.9 Å². The van der Waals surface area contributed by atoms with E-state index in [1.165, 1.54) is 19.4 Å². The van der Waals surface area contributed by atoms with Gasteiger partial charge in [-0.25, -0.2) is 0 Å². The number of nitrogens with two attached hydrogens (primary N) is 1. The molecule has 4 nitrogen and oxygen atoms in total. The molecule has 1 atom stereocenters. The molecule has 0 saturated carbocycles. The summed E-state index contributed by atoms with van der Waals surface area (Å²) in [5.74, 6) is 0.709. The number of rotatable bonds is 4. The number of aromatic nitrogens is 1. The van der Waals surface area contributed by atoms with Gasteiger partial charge in [0.15, 0.2) is 5.75 Å². The molecule has 1 unspecified atom stereocenters. The molecule has 1 fully saturated rings. The third kappa shape index (κ3) is 3.10. The summed E-state index contributed by atoms with van der Waals surface area (Å²) < 4.78 is 6.56. The lowest BCUT2D eigenvalue weighted by Crippen LogP contribution is -2.26. The quantitative estimate of drug-likeness (QED) is 0.927. The van der Waals surface area contributed by atoms with Crippen LogP contribution in [0.4, 0.5) is 5.69 Å². The van der Waals surface area contributed by atoms with Crippen molar-refractivity contribution in [2.24, 2.45) is 0 Å². The highest BCUT2D eigenvalue weighted by molar-refractivity contribution is 9.10. The van der Waals surface area contributed by atoms with Gasteiger partial charge < -0.3 is 15.4 Å². The molecule has 5 heteroatoms. The number of hydrogen-bond donors (Lipinski definition) is 1. The van der Waals surface area contributed by atoms with E-state index < -0.39 is 0 Å². The Labute approximate surface area is 110 Å². The summed E-state index contributed by atoms with van der Waals surface area (Å²) in [5, 5.41) is 0. The van der Waals surface area contributed by atoms with Crippen molar-refractivity contribution in [2.45, 2.75) is 25.3 Å². The molecule has 2 rings (SSSR count). The van der Waals surface area contributed by atoms with Crippen molar-refractivity contribution < 1.29 is 4.74 Å². The van der Waals surface area contributed by atoms with E-state index in [2.05, 4.69) is 32.9 Å². The largest absolute Gasteiger partial charge is 0.490 e. The molecule has 17 heavy (non-hydrogen) atoms. The minimum atomic E-state index is 0.583. The lowest BCUT2D eigenvalue weighted by molar-refractivity contribution is 0.233. The van der Waals surface area contributed by atoms with E-state index in [0.717, 1.165) is 10.9 Å². The topological polar surface area (TPSA) is 51.4 Å². The van der Waals surface area contributed by atoms with Crippen molar-refractivity contribution in [3.05, 3.63) is 16.9 Å². The highest BCUT2D eigenvalue weighted by Crippen LogP contribution is 2.30. The third-order valence-corrected chi connectivity index (χ3v) is 3.81. The van der Waals surface area contributed by atoms with Crippen molar-refractivity contribution >= 4 is 21.6 Å². The standard InChI is InChI=1S/C12H18BrN3O/c1-16-5-2-3-9(16)4-6-17-12-10(13)7-15-8-11(12)14/h7-9H,2-6,14H2,1H3. The second-order valence-corrected chi connectivity index (χ2v) is 5.31. The Kier molecular flexibility index (Phi) is 4.23. The summed E-state index contributed by atoms with van der Waals surface area (Å²) in [5.41, 5.74) is 6.40. The number of nitrogen functional groups attached to an aromatic ring is 1. The first-order chi connectivity index (χ1) is 8.18. The molecule has 1 aliphatic rings. The van der Waals surface area contributed by atoms with Crippen LogP contribution in [0, 0.1) is 0 Å². The molecule has 1 aromatic rings. The van der Waals surface area contributed by atoms with E-state index in [1.54, 1.807) is 12.4 Å². The van der Waals surface area contributed by atoms with E-state index in [1.807, 2.05) is 0 Å². The smallest absolute Gasteiger partial charge is 0.159 e. The van der Waals surface area contributed by atoms with Crippen LogP contribution in [-0.4, -0.2) is 36.1 Å². The maximum atomic E-state index is 5.81. The maximum absolute atomic E-state index is 5.81. The molecule has 2 N–H and O–H groups in total.